The Balaban J connectivity index is 1.47. The molecule has 6 nitrogen and oxygen atoms in total. The zero-order chi connectivity index (χ0) is 19.9. The molecule has 0 aliphatic carbocycles. The summed E-state index contributed by atoms with van der Waals surface area (Å²) in [6, 6.07) is 9.32. The van der Waals surface area contributed by atoms with Crippen molar-refractivity contribution in [2.24, 2.45) is 5.92 Å². The van der Waals surface area contributed by atoms with Crippen LogP contribution in [0.5, 0.6) is 0 Å². The third-order valence-corrected chi connectivity index (χ3v) is 5.77. The summed E-state index contributed by atoms with van der Waals surface area (Å²) in [4.78, 5) is 41.2. The lowest BCUT2D eigenvalue weighted by atomic mass is 9.94. The highest BCUT2D eigenvalue weighted by atomic mass is 16.2. The van der Waals surface area contributed by atoms with Crippen molar-refractivity contribution in [3.8, 4) is 0 Å². The van der Waals surface area contributed by atoms with E-state index in [9.17, 15) is 14.4 Å². The van der Waals surface area contributed by atoms with Crippen LogP contribution >= 0.6 is 0 Å². The summed E-state index contributed by atoms with van der Waals surface area (Å²) in [7, 11) is 0. The molecule has 3 amide bonds. The van der Waals surface area contributed by atoms with Crippen molar-refractivity contribution < 1.29 is 14.4 Å². The van der Waals surface area contributed by atoms with E-state index in [0.717, 1.165) is 38.6 Å². The summed E-state index contributed by atoms with van der Waals surface area (Å²) < 4.78 is 0. The van der Waals surface area contributed by atoms with Gasteiger partial charge in [0.1, 0.15) is 0 Å². The zero-order valence-corrected chi connectivity index (χ0v) is 16.7. The Bertz CT molecular complexity index is 684. The number of carbonyl (C=O) groups excluding carboxylic acids is 3. The number of rotatable bonds is 5. The average Bonchev–Trinajstić information content (AvgIpc) is 2.74. The molecule has 1 atom stereocenters. The molecule has 2 heterocycles. The Hall–Kier alpha value is -2.37. The number of hydrogen-bond acceptors (Lipinski definition) is 3. The van der Waals surface area contributed by atoms with Gasteiger partial charge in [-0.15, -0.1) is 0 Å². The molecule has 1 aromatic rings. The fourth-order valence-electron chi connectivity index (χ4n) is 4.14. The van der Waals surface area contributed by atoms with Crippen molar-refractivity contribution in [2.75, 3.05) is 26.2 Å². The number of amides is 3. The SMILES string of the molecule is CCCC(=O)N1CCCC(C(=O)N2CCC(NC(=O)c3ccccc3)CC2)C1. The summed E-state index contributed by atoms with van der Waals surface area (Å²) >= 11 is 0. The number of nitrogens with one attached hydrogen (secondary N) is 1. The fraction of sp³-hybridized carbons (Fsp3) is 0.591. The highest BCUT2D eigenvalue weighted by molar-refractivity contribution is 5.94. The normalized spacial score (nSPS) is 20.7. The summed E-state index contributed by atoms with van der Waals surface area (Å²) in [6.45, 7) is 4.67. The highest BCUT2D eigenvalue weighted by Gasteiger charge is 2.33. The van der Waals surface area contributed by atoms with Gasteiger partial charge in [0.15, 0.2) is 0 Å². The Kier molecular flexibility index (Phi) is 7.06. The number of piperidine rings is 2. The van der Waals surface area contributed by atoms with Crippen LogP contribution in [-0.2, 0) is 9.59 Å². The lowest BCUT2D eigenvalue weighted by Crippen LogP contribution is -2.51. The first-order valence-corrected chi connectivity index (χ1v) is 10.5. The Labute approximate surface area is 167 Å². The molecule has 0 spiro atoms. The van der Waals surface area contributed by atoms with Gasteiger partial charge in [0.05, 0.1) is 5.92 Å². The van der Waals surface area contributed by atoms with Gasteiger partial charge in [-0.2, -0.15) is 0 Å². The Morgan fingerprint density at radius 1 is 1.00 bits per heavy atom. The molecular formula is C22H31N3O3. The third-order valence-electron chi connectivity index (χ3n) is 5.77. The van der Waals surface area contributed by atoms with Crippen molar-refractivity contribution >= 4 is 17.7 Å². The van der Waals surface area contributed by atoms with Crippen molar-refractivity contribution in [3.05, 3.63) is 35.9 Å². The monoisotopic (exact) mass is 385 g/mol. The second-order valence-corrected chi connectivity index (χ2v) is 7.87. The van der Waals surface area contributed by atoms with Crippen molar-refractivity contribution in [3.63, 3.8) is 0 Å². The minimum atomic E-state index is -0.0787. The van der Waals surface area contributed by atoms with Gasteiger partial charge in [-0.3, -0.25) is 14.4 Å². The Morgan fingerprint density at radius 3 is 2.39 bits per heavy atom. The molecule has 0 bridgehead atoms. The molecule has 1 N–H and O–H groups in total. The number of nitrogens with zero attached hydrogens (tertiary/aromatic N) is 2. The van der Waals surface area contributed by atoms with Crippen molar-refractivity contribution in [2.45, 2.75) is 51.5 Å². The topological polar surface area (TPSA) is 69.7 Å². The largest absolute Gasteiger partial charge is 0.349 e. The van der Waals surface area contributed by atoms with E-state index in [4.69, 9.17) is 0 Å². The molecule has 152 valence electrons. The quantitative estimate of drug-likeness (QED) is 0.846. The van der Waals surface area contributed by atoms with E-state index < -0.39 is 0 Å². The van der Waals surface area contributed by atoms with E-state index >= 15 is 0 Å². The predicted octanol–water partition coefficient (Wildman–Crippen LogP) is 2.45. The summed E-state index contributed by atoms with van der Waals surface area (Å²) in [5.41, 5.74) is 0.667. The van der Waals surface area contributed by atoms with Gasteiger partial charge < -0.3 is 15.1 Å². The van der Waals surface area contributed by atoms with Gasteiger partial charge in [-0.25, -0.2) is 0 Å². The summed E-state index contributed by atoms with van der Waals surface area (Å²) in [5.74, 6) is 0.205. The van der Waals surface area contributed by atoms with Crippen LogP contribution < -0.4 is 5.32 Å². The Morgan fingerprint density at radius 2 is 1.71 bits per heavy atom. The van der Waals surface area contributed by atoms with Gasteiger partial charge >= 0.3 is 0 Å². The first-order chi connectivity index (χ1) is 13.6. The molecule has 2 fully saturated rings. The number of likely N-dealkylation sites (tertiary alicyclic amines) is 2. The maximum absolute atomic E-state index is 12.9. The molecule has 0 radical (unpaired) electrons. The highest BCUT2D eigenvalue weighted by Crippen LogP contribution is 2.22. The lowest BCUT2D eigenvalue weighted by molar-refractivity contribution is -0.141. The smallest absolute Gasteiger partial charge is 0.251 e. The number of hydrogen-bond donors (Lipinski definition) is 1. The second-order valence-electron chi connectivity index (χ2n) is 7.87. The molecule has 1 unspecified atom stereocenters. The van der Waals surface area contributed by atoms with Crippen molar-refractivity contribution in [1.29, 1.82) is 0 Å². The van der Waals surface area contributed by atoms with Gasteiger partial charge in [-0.1, -0.05) is 25.1 Å². The maximum atomic E-state index is 12.9. The van der Waals surface area contributed by atoms with E-state index in [0.29, 0.717) is 31.6 Å². The van der Waals surface area contributed by atoms with Gasteiger partial charge in [0.25, 0.3) is 5.91 Å². The number of carbonyl (C=O) groups is 3. The second kappa shape index (κ2) is 9.71. The molecule has 0 saturated carbocycles. The minimum Gasteiger partial charge on any atom is -0.349 e. The predicted molar refractivity (Wildman–Crippen MR) is 108 cm³/mol. The van der Waals surface area contributed by atoms with E-state index in [-0.39, 0.29) is 29.7 Å². The van der Waals surface area contributed by atoms with Crippen LogP contribution in [0.2, 0.25) is 0 Å². The van der Waals surface area contributed by atoms with Crippen LogP contribution in [0.4, 0.5) is 0 Å². The van der Waals surface area contributed by atoms with Crippen LogP contribution in [0.25, 0.3) is 0 Å². The van der Waals surface area contributed by atoms with Crippen LogP contribution in [-0.4, -0.2) is 59.7 Å². The molecule has 2 saturated heterocycles. The molecule has 2 aliphatic heterocycles. The fourth-order valence-corrected chi connectivity index (χ4v) is 4.14. The van der Waals surface area contributed by atoms with E-state index in [2.05, 4.69) is 5.32 Å². The van der Waals surface area contributed by atoms with Crippen LogP contribution in [0.1, 0.15) is 55.8 Å². The first kappa shape index (κ1) is 20.4. The van der Waals surface area contributed by atoms with E-state index in [1.807, 2.05) is 47.1 Å². The molecular weight excluding hydrogens is 354 g/mol. The lowest BCUT2D eigenvalue weighted by Gasteiger charge is -2.38. The van der Waals surface area contributed by atoms with Crippen molar-refractivity contribution in [1.82, 2.24) is 15.1 Å². The molecule has 28 heavy (non-hydrogen) atoms. The first-order valence-electron chi connectivity index (χ1n) is 10.5. The molecule has 3 rings (SSSR count). The molecule has 6 heteroatoms. The molecule has 0 aromatic heterocycles. The van der Waals surface area contributed by atoms with Gasteiger partial charge in [0, 0.05) is 44.2 Å². The minimum absolute atomic E-state index is 0.0530. The average molecular weight is 386 g/mol. The summed E-state index contributed by atoms with van der Waals surface area (Å²) in [5, 5.41) is 3.08. The van der Waals surface area contributed by atoms with Gasteiger partial charge in [-0.05, 0) is 44.2 Å². The summed E-state index contributed by atoms with van der Waals surface area (Å²) in [6.07, 6.45) is 4.71. The van der Waals surface area contributed by atoms with Gasteiger partial charge in [0.2, 0.25) is 11.8 Å². The molecule has 1 aromatic carbocycles. The van der Waals surface area contributed by atoms with Crippen LogP contribution in [0, 0.1) is 5.92 Å². The maximum Gasteiger partial charge on any atom is 0.251 e. The standard InChI is InChI=1S/C22H31N3O3/c1-2-7-20(26)25-13-6-10-18(16-25)22(28)24-14-11-19(12-15-24)23-21(27)17-8-4-3-5-9-17/h3-5,8-9,18-19H,2,6-7,10-16H2,1H3,(H,23,27). The van der Waals surface area contributed by atoms with Crippen LogP contribution in [0.15, 0.2) is 30.3 Å². The zero-order valence-electron chi connectivity index (χ0n) is 16.7. The van der Waals surface area contributed by atoms with E-state index in [1.54, 1.807) is 0 Å². The third kappa shape index (κ3) is 5.12. The number of benzene rings is 1. The molecule has 2 aliphatic rings. The van der Waals surface area contributed by atoms with Crippen LogP contribution in [0.3, 0.4) is 0 Å². The van der Waals surface area contributed by atoms with E-state index in [1.165, 1.54) is 0 Å².